The Labute approximate surface area is 139 Å². The molecule has 0 radical (unpaired) electrons. The van der Waals surface area contributed by atoms with Gasteiger partial charge in [-0.25, -0.2) is 0 Å². The van der Waals surface area contributed by atoms with Crippen LogP contribution in [0.1, 0.15) is 31.7 Å². The van der Waals surface area contributed by atoms with Gasteiger partial charge in [-0.3, -0.25) is 4.79 Å². The van der Waals surface area contributed by atoms with Gasteiger partial charge in [0.25, 0.3) is 0 Å². The van der Waals surface area contributed by atoms with Crippen molar-refractivity contribution in [1.29, 1.82) is 0 Å². The summed E-state index contributed by atoms with van der Waals surface area (Å²) in [6.07, 6.45) is 7.53. The molecule has 1 amide bonds. The molecule has 4 unspecified atom stereocenters. The third kappa shape index (κ3) is 3.66. The van der Waals surface area contributed by atoms with Gasteiger partial charge in [-0.1, -0.05) is 37.3 Å². The molecule has 2 fully saturated rings. The molecule has 2 aliphatic carbocycles. The van der Waals surface area contributed by atoms with Gasteiger partial charge in [0.15, 0.2) is 0 Å². The lowest BCUT2D eigenvalue weighted by Crippen LogP contribution is -2.39. The van der Waals surface area contributed by atoms with Crippen molar-refractivity contribution < 1.29 is 9.90 Å². The van der Waals surface area contributed by atoms with Crippen LogP contribution >= 0.6 is 0 Å². The van der Waals surface area contributed by atoms with E-state index in [1.165, 1.54) is 19.3 Å². The summed E-state index contributed by atoms with van der Waals surface area (Å²) in [6, 6.07) is 9.86. The van der Waals surface area contributed by atoms with Gasteiger partial charge < -0.3 is 10.0 Å². The summed E-state index contributed by atoms with van der Waals surface area (Å²) in [4.78, 5) is 14.4. The van der Waals surface area contributed by atoms with E-state index in [-0.39, 0.29) is 12.5 Å². The van der Waals surface area contributed by atoms with Gasteiger partial charge in [-0.15, -0.1) is 0 Å². The second kappa shape index (κ2) is 7.31. The number of nitrogens with zero attached hydrogens (tertiary/aromatic N) is 1. The van der Waals surface area contributed by atoms with Gasteiger partial charge in [-0.05, 0) is 54.6 Å². The average molecular weight is 313 g/mol. The van der Waals surface area contributed by atoms with Crippen LogP contribution in [0.25, 0.3) is 6.08 Å². The summed E-state index contributed by atoms with van der Waals surface area (Å²) >= 11 is 0. The van der Waals surface area contributed by atoms with Crippen LogP contribution in [0.5, 0.6) is 0 Å². The molecule has 1 aromatic carbocycles. The molecule has 2 saturated carbocycles. The Bertz CT molecular complexity index is 552. The second-order valence-corrected chi connectivity index (χ2v) is 7.11. The number of benzene rings is 1. The molecular weight excluding hydrogens is 286 g/mol. The first-order valence-electron chi connectivity index (χ1n) is 8.82. The third-order valence-corrected chi connectivity index (χ3v) is 5.87. The van der Waals surface area contributed by atoms with E-state index in [1.54, 1.807) is 6.08 Å². The van der Waals surface area contributed by atoms with Crippen LogP contribution in [-0.4, -0.2) is 35.6 Å². The number of hydrogen-bond donors (Lipinski definition) is 1. The SMILES string of the molecule is CC1C2CCC(C2)C1CN(CCO)C(=O)/C=C/c1ccccc1. The summed E-state index contributed by atoms with van der Waals surface area (Å²) in [5, 5.41) is 9.32. The number of rotatable bonds is 6. The molecular formula is C20H27NO2. The molecule has 3 rings (SSSR count). The Balaban J connectivity index is 1.64. The highest BCUT2D eigenvalue weighted by molar-refractivity contribution is 5.91. The normalized spacial score (nSPS) is 29.3. The van der Waals surface area contributed by atoms with Gasteiger partial charge in [0.1, 0.15) is 0 Å². The van der Waals surface area contributed by atoms with Crippen molar-refractivity contribution >= 4 is 12.0 Å². The Hall–Kier alpha value is -1.61. The molecule has 0 saturated heterocycles. The van der Waals surface area contributed by atoms with Crippen molar-refractivity contribution in [3.05, 3.63) is 42.0 Å². The van der Waals surface area contributed by atoms with Crippen molar-refractivity contribution in [1.82, 2.24) is 4.90 Å². The summed E-state index contributed by atoms with van der Waals surface area (Å²) in [5.74, 6) is 2.96. The zero-order valence-corrected chi connectivity index (χ0v) is 13.9. The van der Waals surface area contributed by atoms with Gasteiger partial charge in [0.2, 0.25) is 5.91 Å². The fourth-order valence-corrected chi connectivity index (χ4v) is 4.52. The van der Waals surface area contributed by atoms with E-state index < -0.39 is 0 Å². The predicted molar refractivity (Wildman–Crippen MR) is 92.6 cm³/mol. The van der Waals surface area contributed by atoms with Crippen molar-refractivity contribution in [3.63, 3.8) is 0 Å². The highest BCUT2D eigenvalue weighted by Crippen LogP contribution is 2.52. The first kappa shape index (κ1) is 16.3. The minimum absolute atomic E-state index is 0.0119. The zero-order valence-electron chi connectivity index (χ0n) is 13.9. The van der Waals surface area contributed by atoms with Crippen molar-refractivity contribution in [2.24, 2.45) is 23.7 Å². The van der Waals surface area contributed by atoms with E-state index in [0.717, 1.165) is 23.9 Å². The van der Waals surface area contributed by atoms with Crippen molar-refractivity contribution in [2.75, 3.05) is 19.7 Å². The maximum Gasteiger partial charge on any atom is 0.246 e. The average Bonchev–Trinajstić information content (AvgIpc) is 3.16. The van der Waals surface area contributed by atoms with E-state index in [9.17, 15) is 9.90 Å². The minimum Gasteiger partial charge on any atom is -0.395 e. The molecule has 1 aromatic rings. The number of amides is 1. The van der Waals surface area contributed by atoms with E-state index in [2.05, 4.69) is 6.92 Å². The molecule has 2 aliphatic rings. The van der Waals surface area contributed by atoms with Crippen LogP contribution in [0.3, 0.4) is 0 Å². The Kier molecular flexibility index (Phi) is 5.16. The largest absolute Gasteiger partial charge is 0.395 e. The monoisotopic (exact) mass is 313 g/mol. The van der Waals surface area contributed by atoms with Crippen molar-refractivity contribution in [3.8, 4) is 0 Å². The Morgan fingerprint density at radius 2 is 2.00 bits per heavy atom. The number of aliphatic hydroxyl groups is 1. The van der Waals surface area contributed by atoms with Gasteiger partial charge in [0, 0.05) is 19.2 Å². The lowest BCUT2D eigenvalue weighted by Gasteiger charge is -2.33. The molecule has 1 N–H and O–H groups in total. The molecule has 4 atom stereocenters. The number of fused-ring (bicyclic) bond motifs is 2. The standard InChI is InChI=1S/C20H27NO2/c1-15-17-8-9-18(13-17)19(15)14-21(11-12-22)20(23)10-7-16-5-3-2-4-6-16/h2-7,10,15,17-19,22H,8-9,11-14H2,1H3/b10-7+. The van der Waals surface area contributed by atoms with Crippen molar-refractivity contribution in [2.45, 2.75) is 26.2 Å². The van der Waals surface area contributed by atoms with E-state index in [0.29, 0.717) is 18.4 Å². The maximum atomic E-state index is 12.5. The van der Waals surface area contributed by atoms with Crippen LogP contribution < -0.4 is 0 Å². The highest BCUT2D eigenvalue weighted by atomic mass is 16.3. The number of aliphatic hydroxyl groups excluding tert-OH is 1. The Morgan fingerprint density at radius 3 is 2.65 bits per heavy atom. The first-order chi connectivity index (χ1) is 11.2. The molecule has 3 nitrogen and oxygen atoms in total. The zero-order chi connectivity index (χ0) is 16.2. The second-order valence-electron chi connectivity index (χ2n) is 7.11. The molecule has 0 aromatic heterocycles. The summed E-state index contributed by atoms with van der Waals surface area (Å²) < 4.78 is 0. The summed E-state index contributed by atoms with van der Waals surface area (Å²) in [7, 11) is 0. The minimum atomic E-state index is 0.0119. The van der Waals surface area contributed by atoms with Crippen LogP contribution in [0.4, 0.5) is 0 Å². The molecule has 124 valence electrons. The van der Waals surface area contributed by atoms with Crippen LogP contribution in [0.2, 0.25) is 0 Å². The van der Waals surface area contributed by atoms with E-state index in [4.69, 9.17) is 0 Å². The maximum absolute atomic E-state index is 12.5. The van der Waals surface area contributed by atoms with Crippen LogP contribution in [-0.2, 0) is 4.79 Å². The molecule has 0 aliphatic heterocycles. The summed E-state index contributed by atoms with van der Waals surface area (Å²) in [6.45, 7) is 3.59. The van der Waals surface area contributed by atoms with Gasteiger partial charge in [0.05, 0.1) is 6.61 Å². The smallest absolute Gasteiger partial charge is 0.246 e. The fraction of sp³-hybridized carbons (Fsp3) is 0.550. The first-order valence-corrected chi connectivity index (χ1v) is 8.82. The topological polar surface area (TPSA) is 40.5 Å². The van der Waals surface area contributed by atoms with Crippen LogP contribution in [0, 0.1) is 23.7 Å². The molecule has 0 heterocycles. The number of carbonyl (C=O) groups excluding carboxylic acids is 1. The third-order valence-electron chi connectivity index (χ3n) is 5.87. The highest BCUT2D eigenvalue weighted by Gasteiger charge is 2.45. The lowest BCUT2D eigenvalue weighted by atomic mass is 9.80. The van der Waals surface area contributed by atoms with E-state index in [1.807, 2.05) is 41.3 Å². The van der Waals surface area contributed by atoms with E-state index >= 15 is 0 Å². The summed E-state index contributed by atoms with van der Waals surface area (Å²) in [5.41, 5.74) is 1.03. The molecule has 0 spiro atoms. The molecule has 2 bridgehead atoms. The van der Waals surface area contributed by atoms with Gasteiger partial charge in [-0.2, -0.15) is 0 Å². The van der Waals surface area contributed by atoms with Crippen LogP contribution in [0.15, 0.2) is 36.4 Å². The Morgan fingerprint density at radius 1 is 1.26 bits per heavy atom. The van der Waals surface area contributed by atoms with Gasteiger partial charge >= 0.3 is 0 Å². The number of carbonyl (C=O) groups is 1. The predicted octanol–water partition coefficient (Wildman–Crippen LogP) is 3.20. The lowest BCUT2D eigenvalue weighted by molar-refractivity contribution is -0.127. The quantitative estimate of drug-likeness (QED) is 0.819. The number of hydrogen-bond acceptors (Lipinski definition) is 2. The molecule has 23 heavy (non-hydrogen) atoms. The fourth-order valence-electron chi connectivity index (χ4n) is 4.52. The molecule has 3 heteroatoms.